The van der Waals surface area contributed by atoms with Crippen LogP contribution in [0.3, 0.4) is 0 Å². The minimum absolute atomic E-state index is 0.0633. The number of aromatic nitrogens is 1. The normalized spacial score (nSPS) is 22.7. The van der Waals surface area contributed by atoms with E-state index in [1.807, 2.05) is 20.8 Å². The molecule has 19 heavy (non-hydrogen) atoms. The minimum Gasteiger partial charge on any atom is -0.382 e. The number of ether oxygens (including phenoxy) is 1. The molecule has 1 aliphatic rings. The number of nitrogens with two attached hydrogens (primary N) is 1. The van der Waals surface area contributed by atoms with Gasteiger partial charge in [-0.15, -0.1) is 0 Å². The summed E-state index contributed by atoms with van der Waals surface area (Å²) in [7, 11) is 0. The van der Waals surface area contributed by atoms with Crippen molar-refractivity contribution in [1.82, 2.24) is 9.69 Å². The Morgan fingerprint density at radius 2 is 2.32 bits per heavy atom. The van der Waals surface area contributed by atoms with E-state index in [-0.39, 0.29) is 29.9 Å². The molecule has 2 atom stereocenters. The van der Waals surface area contributed by atoms with E-state index in [1.54, 1.807) is 0 Å². The minimum atomic E-state index is -0.185. The summed E-state index contributed by atoms with van der Waals surface area (Å²) in [5.74, 6) is 0.0903. The van der Waals surface area contributed by atoms with Gasteiger partial charge in [0.15, 0.2) is 5.82 Å². The molecule has 0 aromatic carbocycles. The summed E-state index contributed by atoms with van der Waals surface area (Å²) in [5.41, 5.74) is 6.24. The zero-order valence-electron chi connectivity index (χ0n) is 11.4. The lowest BCUT2D eigenvalue weighted by Crippen LogP contribution is -2.32. The van der Waals surface area contributed by atoms with Crippen molar-refractivity contribution in [2.75, 3.05) is 17.7 Å². The van der Waals surface area contributed by atoms with Gasteiger partial charge in [-0.1, -0.05) is 0 Å². The average Bonchev–Trinajstić information content (AvgIpc) is 2.86. The molecule has 1 aliphatic heterocycles. The van der Waals surface area contributed by atoms with Crippen molar-refractivity contribution < 1.29 is 9.53 Å². The molecular weight excluding hydrogens is 264 g/mol. The predicted molar refractivity (Wildman–Crippen MR) is 76.6 cm³/mol. The number of anilines is 2. The molecule has 1 saturated heterocycles. The number of hydrogen-bond acceptors (Lipinski definition) is 6. The molecular formula is C12H20N4O2S. The van der Waals surface area contributed by atoms with Crippen LogP contribution in [-0.4, -0.2) is 35.1 Å². The Labute approximate surface area is 116 Å². The maximum absolute atomic E-state index is 12.1. The second kappa shape index (κ2) is 5.75. The fourth-order valence-corrected chi connectivity index (χ4v) is 2.82. The average molecular weight is 284 g/mol. The molecule has 7 heteroatoms. The molecule has 2 unspecified atom stereocenters. The molecule has 106 valence electrons. The SMILES string of the molecule is CC(C)NC(=O)c1c(N)nsc1NC1CCOC1C. The molecule has 2 heterocycles. The van der Waals surface area contributed by atoms with Crippen LogP contribution in [0.4, 0.5) is 10.8 Å². The highest BCUT2D eigenvalue weighted by atomic mass is 32.1. The van der Waals surface area contributed by atoms with Crippen LogP contribution < -0.4 is 16.4 Å². The molecule has 0 saturated carbocycles. The smallest absolute Gasteiger partial charge is 0.258 e. The molecule has 1 fully saturated rings. The molecule has 1 amide bonds. The van der Waals surface area contributed by atoms with Gasteiger partial charge in [-0.05, 0) is 38.7 Å². The van der Waals surface area contributed by atoms with Gasteiger partial charge in [0, 0.05) is 12.6 Å². The Bertz CT molecular complexity index is 461. The zero-order chi connectivity index (χ0) is 14.0. The van der Waals surface area contributed by atoms with Gasteiger partial charge in [-0.3, -0.25) is 4.79 Å². The van der Waals surface area contributed by atoms with E-state index in [2.05, 4.69) is 15.0 Å². The highest BCUT2D eigenvalue weighted by Crippen LogP contribution is 2.29. The zero-order valence-corrected chi connectivity index (χ0v) is 12.2. The van der Waals surface area contributed by atoms with Crippen LogP contribution in [0.2, 0.25) is 0 Å². The van der Waals surface area contributed by atoms with Gasteiger partial charge in [-0.2, -0.15) is 4.37 Å². The number of nitrogens with zero attached hydrogens (tertiary/aromatic N) is 1. The van der Waals surface area contributed by atoms with Crippen LogP contribution in [-0.2, 0) is 4.74 Å². The number of carbonyl (C=O) groups is 1. The summed E-state index contributed by atoms with van der Waals surface area (Å²) in [6, 6.07) is 0.263. The Kier molecular flexibility index (Phi) is 4.26. The summed E-state index contributed by atoms with van der Waals surface area (Å²) in [6.45, 7) is 6.57. The van der Waals surface area contributed by atoms with Crippen LogP contribution in [0.1, 0.15) is 37.6 Å². The Balaban J connectivity index is 2.15. The third-order valence-electron chi connectivity index (χ3n) is 3.06. The van der Waals surface area contributed by atoms with Gasteiger partial charge >= 0.3 is 0 Å². The highest BCUT2D eigenvalue weighted by Gasteiger charge is 2.27. The van der Waals surface area contributed by atoms with E-state index in [9.17, 15) is 4.79 Å². The Morgan fingerprint density at radius 3 is 2.89 bits per heavy atom. The fraction of sp³-hybridized carbons (Fsp3) is 0.667. The van der Waals surface area contributed by atoms with Crippen LogP contribution in [0.15, 0.2) is 0 Å². The first-order chi connectivity index (χ1) is 8.99. The number of amides is 1. The largest absolute Gasteiger partial charge is 0.382 e. The predicted octanol–water partition coefficient (Wildman–Crippen LogP) is 1.45. The molecule has 4 N–H and O–H groups in total. The first-order valence-corrected chi connectivity index (χ1v) is 7.20. The summed E-state index contributed by atoms with van der Waals surface area (Å²) < 4.78 is 9.57. The van der Waals surface area contributed by atoms with Crippen molar-refractivity contribution in [3.63, 3.8) is 0 Å². The lowest BCUT2D eigenvalue weighted by molar-refractivity contribution is 0.0944. The van der Waals surface area contributed by atoms with Gasteiger partial charge in [0.1, 0.15) is 10.6 Å². The molecule has 0 bridgehead atoms. The van der Waals surface area contributed by atoms with E-state index in [0.29, 0.717) is 5.56 Å². The summed E-state index contributed by atoms with van der Waals surface area (Å²) >= 11 is 1.22. The van der Waals surface area contributed by atoms with E-state index in [0.717, 1.165) is 18.0 Å². The topological polar surface area (TPSA) is 89.3 Å². The van der Waals surface area contributed by atoms with Crippen LogP contribution >= 0.6 is 11.5 Å². The third kappa shape index (κ3) is 3.16. The van der Waals surface area contributed by atoms with Crippen molar-refractivity contribution in [1.29, 1.82) is 0 Å². The molecule has 0 radical (unpaired) electrons. The molecule has 1 aromatic rings. The molecule has 0 aliphatic carbocycles. The van der Waals surface area contributed by atoms with Gasteiger partial charge < -0.3 is 21.1 Å². The van der Waals surface area contributed by atoms with Gasteiger partial charge in [0.05, 0.1) is 12.1 Å². The van der Waals surface area contributed by atoms with E-state index in [1.165, 1.54) is 11.5 Å². The summed E-state index contributed by atoms with van der Waals surface area (Å²) in [6.07, 6.45) is 1.05. The van der Waals surface area contributed by atoms with Crippen LogP contribution in [0.25, 0.3) is 0 Å². The summed E-state index contributed by atoms with van der Waals surface area (Å²) in [5, 5.41) is 6.88. The van der Waals surface area contributed by atoms with Crippen molar-refractivity contribution in [3.8, 4) is 0 Å². The van der Waals surface area contributed by atoms with Gasteiger partial charge in [-0.25, -0.2) is 0 Å². The van der Waals surface area contributed by atoms with Crippen LogP contribution in [0, 0.1) is 0 Å². The maximum atomic E-state index is 12.1. The Morgan fingerprint density at radius 1 is 1.58 bits per heavy atom. The van der Waals surface area contributed by atoms with Gasteiger partial charge in [0.2, 0.25) is 0 Å². The maximum Gasteiger partial charge on any atom is 0.258 e. The van der Waals surface area contributed by atoms with Crippen molar-refractivity contribution in [3.05, 3.63) is 5.56 Å². The van der Waals surface area contributed by atoms with E-state index >= 15 is 0 Å². The molecule has 0 spiro atoms. The quantitative estimate of drug-likeness (QED) is 0.778. The fourth-order valence-electron chi connectivity index (χ4n) is 2.04. The number of hydrogen-bond donors (Lipinski definition) is 3. The molecule has 6 nitrogen and oxygen atoms in total. The number of carbonyl (C=O) groups excluding carboxylic acids is 1. The first-order valence-electron chi connectivity index (χ1n) is 6.43. The van der Waals surface area contributed by atoms with E-state index < -0.39 is 0 Å². The van der Waals surface area contributed by atoms with Gasteiger partial charge in [0.25, 0.3) is 5.91 Å². The standard InChI is InChI=1S/C12H20N4O2S/c1-6(2)14-11(17)9-10(13)16-19-12(9)15-8-4-5-18-7(8)3/h6-8,15H,4-5H2,1-3H3,(H2,13,16)(H,14,17). The van der Waals surface area contributed by atoms with Crippen LogP contribution in [0.5, 0.6) is 0 Å². The van der Waals surface area contributed by atoms with Crippen molar-refractivity contribution in [2.24, 2.45) is 0 Å². The van der Waals surface area contributed by atoms with Crippen molar-refractivity contribution in [2.45, 2.75) is 45.4 Å². The Hall–Kier alpha value is -1.34. The lowest BCUT2D eigenvalue weighted by Gasteiger charge is -2.17. The van der Waals surface area contributed by atoms with Crippen molar-refractivity contribution >= 4 is 28.3 Å². The second-order valence-corrected chi connectivity index (χ2v) is 5.79. The summed E-state index contributed by atoms with van der Waals surface area (Å²) in [4.78, 5) is 12.1. The molecule has 1 aromatic heterocycles. The lowest BCUT2D eigenvalue weighted by atomic mass is 10.1. The number of nitrogens with one attached hydrogen (secondary N) is 2. The second-order valence-electron chi connectivity index (χ2n) is 5.02. The highest BCUT2D eigenvalue weighted by molar-refractivity contribution is 7.11. The monoisotopic (exact) mass is 284 g/mol. The van der Waals surface area contributed by atoms with E-state index in [4.69, 9.17) is 10.5 Å². The number of nitrogen functional groups attached to an aromatic ring is 1. The number of rotatable bonds is 4. The molecule has 2 rings (SSSR count). The first kappa shape index (κ1) is 14.1. The third-order valence-corrected chi connectivity index (χ3v) is 3.85.